The molecule has 0 saturated carbocycles. The van der Waals surface area contributed by atoms with E-state index in [9.17, 15) is 13.2 Å². The molecule has 0 spiro atoms. The number of halogens is 1. The van der Waals surface area contributed by atoms with Crippen LogP contribution in [0.5, 0.6) is 5.75 Å². The number of carbonyl (C=O) groups is 1. The van der Waals surface area contributed by atoms with Gasteiger partial charge < -0.3 is 10.1 Å². The van der Waals surface area contributed by atoms with Crippen LogP contribution in [0.1, 0.15) is 5.56 Å². The molecule has 0 saturated heterocycles. The smallest absolute Gasteiger partial charge is 0.241 e. The Morgan fingerprint density at radius 3 is 2.48 bits per heavy atom. The summed E-state index contributed by atoms with van der Waals surface area (Å²) in [7, 11) is -2.48. The number of benzene rings is 2. The van der Waals surface area contributed by atoms with Crippen LogP contribution in [0.2, 0.25) is 5.02 Å². The van der Waals surface area contributed by atoms with Crippen LogP contribution < -0.4 is 14.8 Å². The lowest BCUT2D eigenvalue weighted by Crippen LogP contribution is -2.32. The summed E-state index contributed by atoms with van der Waals surface area (Å²) in [6.07, 6.45) is 0. The van der Waals surface area contributed by atoms with Crippen LogP contribution in [0.4, 0.5) is 5.69 Å². The molecule has 2 rings (SSSR count). The zero-order chi connectivity index (χ0) is 18.4. The van der Waals surface area contributed by atoms with E-state index in [0.717, 1.165) is 0 Å². The predicted molar refractivity (Wildman–Crippen MR) is 93.0 cm³/mol. The molecule has 2 aromatic carbocycles. The second-order valence-electron chi connectivity index (χ2n) is 4.86. The van der Waals surface area contributed by atoms with Crippen LogP contribution in [-0.4, -0.2) is 28.0 Å². The Bertz CT molecular complexity index is 921. The molecular weight excluding hydrogens is 366 g/mol. The molecule has 0 atom stereocenters. The molecule has 0 aromatic heterocycles. The van der Waals surface area contributed by atoms with E-state index in [1.165, 1.54) is 25.3 Å². The number of amides is 1. The van der Waals surface area contributed by atoms with Gasteiger partial charge in [0.05, 0.1) is 35.2 Å². The van der Waals surface area contributed by atoms with Gasteiger partial charge in [-0.25, -0.2) is 13.1 Å². The minimum Gasteiger partial charge on any atom is -0.495 e. The van der Waals surface area contributed by atoms with Gasteiger partial charge in [-0.2, -0.15) is 5.26 Å². The van der Waals surface area contributed by atoms with E-state index in [1.807, 2.05) is 6.07 Å². The van der Waals surface area contributed by atoms with Crippen LogP contribution in [-0.2, 0) is 14.8 Å². The molecule has 7 nitrogen and oxygen atoms in total. The third kappa shape index (κ3) is 4.93. The normalized spacial score (nSPS) is 10.8. The van der Waals surface area contributed by atoms with Gasteiger partial charge in [-0.05, 0) is 42.5 Å². The first-order valence-corrected chi connectivity index (χ1v) is 8.85. The maximum Gasteiger partial charge on any atom is 0.241 e. The molecular formula is C16H14ClN3O4S. The lowest BCUT2D eigenvalue weighted by Gasteiger charge is -2.09. The Morgan fingerprint density at radius 2 is 1.92 bits per heavy atom. The quantitative estimate of drug-likeness (QED) is 0.799. The highest BCUT2D eigenvalue weighted by Gasteiger charge is 2.17. The van der Waals surface area contributed by atoms with Crippen molar-refractivity contribution in [2.24, 2.45) is 0 Å². The molecule has 0 aliphatic heterocycles. The van der Waals surface area contributed by atoms with Crippen molar-refractivity contribution in [3.8, 4) is 11.8 Å². The molecule has 130 valence electrons. The Kier molecular flexibility index (Phi) is 5.98. The molecule has 0 aliphatic rings. The maximum atomic E-state index is 12.2. The summed E-state index contributed by atoms with van der Waals surface area (Å²) in [5.41, 5.74) is 0.908. The first-order chi connectivity index (χ1) is 11.9. The molecule has 2 aromatic rings. The maximum absolute atomic E-state index is 12.2. The van der Waals surface area contributed by atoms with Gasteiger partial charge in [0.15, 0.2) is 0 Å². The number of nitrogens with zero attached hydrogens (tertiary/aromatic N) is 1. The number of methoxy groups -OCH3 is 1. The van der Waals surface area contributed by atoms with Crippen molar-refractivity contribution in [3.05, 3.63) is 53.1 Å². The number of carbonyl (C=O) groups excluding carboxylic acids is 1. The van der Waals surface area contributed by atoms with Gasteiger partial charge in [0.25, 0.3) is 0 Å². The second kappa shape index (κ2) is 7.98. The Morgan fingerprint density at radius 1 is 1.24 bits per heavy atom. The predicted octanol–water partition coefficient (Wildman–Crippen LogP) is 2.14. The fraction of sp³-hybridized carbons (Fsp3) is 0.125. The number of hydrogen-bond donors (Lipinski definition) is 2. The van der Waals surface area contributed by atoms with Gasteiger partial charge in [-0.3, -0.25) is 4.79 Å². The number of rotatable bonds is 6. The topological polar surface area (TPSA) is 108 Å². The first kappa shape index (κ1) is 18.7. The molecule has 0 fully saturated rings. The Labute approximate surface area is 150 Å². The molecule has 0 heterocycles. The number of hydrogen-bond acceptors (Lipinski definition) is 5. The highest BCUT2D eigenvalue weighted by Crippen LogP contribution is 2.26. The average Bonchev–Trinajstić information content (AvgIpc) is 2.60. The Hall–Kier alpha value is -2.60. The monoisotopic (exact) mass is 379 g/mol. The number of anilines is 1. The molecule has 9 heteroatoms. The zero-order valence-corrected chi connectivity index (χ0v) is 14.7. The second-order valence-corrected chi connectivity index (χ2v) is 7.03. The lowest BCUT2D eigenvalue weighted by atomic mass is 10.2. The van der Waals surface area contributed by atoms with E-state index in [4.69, 9.17) is 21.6 Å². The van der Waals surface area contributed by atoms with Gasteiger partial charge in [0, 0.05) is 5.69 Å². The highest BCUT2D eigenvalue weighted by molar-refractivity contribution is 7.89. The molecule has 0 unspecified atom stereocenters. The zero-order valence-electron chi connectivity index (χ0n) is 13.1. The van der Waals surface area contributed by atoms with Crippen LogP contribution in [0.15, 0.2) is 47.4 Å². The van der Waals surface area contributed by atoms with Crippen molar-refractivity contribution >= 4 is 33.2 Å². The van der Waals surface area contributed by atoms with Crippen LogP contribution in [0.3, 0.4) is 0 Å². The van der Waals surface area contributed by atoms with Crippen LogP contribution in [0.25, 0.3) is 0 Å². The van der Waals surface area contributed by atoms with Crippen molar-refractivity contribution in [2.45, 2.75) is 4.90 Å². The Balaban J connectivity index is 2.00. The van der Waals surface area contributed by atoms with E-state index in [2.05, 4.69) is 10.0 Å². The number of sulfonamides is 1. The molecule has 1 amide bonds. The van der Waals surface area contributed by atoms with Crippen molar-refractivity contribution in [1.82, 2.24) is 4.72 Å². The van der Waals surface area contributed by atoms with Gasteiger partial charge in [0.2, 0.25) is 15.9 Å². The third-order valence-electron chi connectivity index (χ3n) is 3.15. The van der Waals surface area contributed by atoms with E-state index >= 15 is 0 Å². The van der Waals surface area contributed by atoms with Crippen LogP contribution in [0, 0.1) is 11.3 Å². The van der Waals surface area contributed by atoms with Gasteiger partial charge in [-0.15, -0.1) is 0 Å². The molecule has 2 N–H and O–H groups in total. The highest BCUT2D eigenvalue weighted by atomic mass is 35.5. The molecule has 0 aliphatic carbocycles. The fourth-order valence-corrected chi connectivity index (χ4v) is 3.22. The van der Waals surface area contributed by atoms with Crippen molar-refractivity contribution in [3.63, 3.8) is 0 Å². The van der Waals surface area contributed by atoms with E-state index in [1.54, 1.807) is 24.3 Å². The molecule has 25 heavy (non-hydrogen) atoms. The van der Waals surface area contributed by atoms with Crippen molar-refractivity contribution in [2.75, 3.05) is 19.0 Å². The van der Waals surface area contributed by atoms with Crippen molar-refractivity contribution in [1.29, 1.82) is 5.26 Å². The van der Waals surface area contributed by atoms with E-state index in [0.29, 0.717) is 17.0 Å². The third-order valence-corrected chi connectivity index (χ3v) is 4.85. The standard InChI is InChI=1S/C16H14ClN3O4S/c1-24-15-7-6-13(8-14(15)17)25(22,23)19-10-16(21)20-12-4-2-11(9-18)3-5-12/h2-8,19H,10H2,1H3,(H,20,21). The minimum atomic E-state index is -3.90. The van der Waals surface area contributed by atoms with E-state index < -0.39 is 22.5 Å². The summed E-state index contributed by atoms with van der Waals surface area (Å²) in [6, 6.07) is 12.1. The van der Waals surface area contributed by atoms with Crippen LogP contribution >= 0.6 is 11.6 Å². The van der Waals surface area contributed by atoms with Gasteiger partial charge >= 0.3 is 0 Å². The SMILES string of the molecule is COc1ccc(S(=O)(=O)NCC(=O)Nc2ccc(C#N)cc2)cc1Cl. The first-order valence-electron chi connectivity index (χ1n) is 6.99. The van der Waals surface area contributed by atoms with Gasteiger partial charge in [-0.1, -0.05) is 11.6 Å². The number of nitrogens with one attached hydrogen (secondary N) is 2. The summed E-state index contributed by atoms with van der Waals surface area (Å²) in [6.45, 7) is -0.452. The summed E-state index contributed by atoms with van der Waals surface area (Å²) in [5, 5.41) is 11.4. The van der Waals surface area contributed by atoms with Gasteiger partial charge in [0.1, 0.15) is 5.75 Å². The minimum absolute atomic E-state index is 0.0792. The van der Waals surface area contributed by atoms with E-state index in [-0.39, 0.29) is 9.92 Å². The fourth-order valence-electron chi connectivity index (χ4n) is 1.89. The average molecular weight is 380 g/mol. The molecule has 0 bridgehead atoms. The number of nitriles is 1. The number of ether oxygens (including phenoxy) is 1. The van der Waals surface area contributed by atoms with Crippen molar-refractivity contribution < 1.29 is 17.9 Å². The summed E-state index contributed by atoms with van der Waals surface area (Å²) >= 11 is 5.91. The molecule has 0 radical (unpaired) electrons. The lowest BCUT2D eigenvalue weighted by molar-refractivity contribution is -0.115. The largest absolute Gasteiger partial charge is 0.495 e. The summed E-state index contributed by atoms with van der Waals surface area (Å²) < 4.78 is 31.5. The summed E-state index contributed by atoms with van der Waals surface area (Å²) in [4.78, 5) is 11.8. The summed E-state index contributed by atoms with van der Waals surface area (Å²) in [5.74, 6) is -0.202.